The number of hydrogen-bond acceptors (Lipinski definition) is 7. The fraction of sp³-hybridized carbons (Fsp3) is 0.571. The zero-order valence-electron chi connectivity index (χ0n) is 16.6. The highest BCUT2D eigenvalue weighted by Crippen LogP contribution is 2.42. The zero-order chi connectivity index (χ0) is 20.0. The molecule has 1 aromatic heterocycles. The van der Waals surface area contributed by atoms with Crippen LogP contribution in [0, 0.1) is 12.3 Å². The van der Waals surface area contributed by atoms with Crippen molar-refractivity contribution in [1.29, 1.82) is 0 Å². The first-order valence-electron chi connectivity index (χ1n) is 10.3. The van der Waals surface area contributed by atoms with Crippen LogP contribution in [0.15, 0.2) is 12.1 Å². The van der Waals surface area contributed by atoms with Gasteiger partial charge in [0.15, 0.2) is 0 Å². The highest BCUT2D eigenvalue weighted by atomic mass is 35.5. The lowest BCUT2D eigenvalue weighted by Crippen LogP contribution is -2.42. The molecule has 2 fully saturated rings. The van der Waals surface area contributed by atoms with Crippen LogP contribution in [0.4, 0.5) is 5.13 Å². The average Bonchev–Trinajstić information content (AvgIpc) is 3.43. The number of ether oxygens (including phenoxy) is 1. The molecule has 0 amide bonds. The minimum atomic E-state index is -0.183. The van der Waals surface area contributed by atoms with E-state index in [2.05, 4.69) is 32.1 Å². The molecule has 0 unspecified atom stereocenters. The van der Waals surface area contributed by atoms with E-state index >= 15 is 0 Å². The lowest BCUT2D eigenvalue weighted by molar-refractivity contribution is 0.0535. The number of carbonyl (C=O) groups is 1. The third-order valence-corrected chi connectivity index (χ3v) is 8.04. The normalized spacial score (nSPS) is 21.0. The summed E-state index contributed by atoms with van der Waals surface area (Å²) in [7, 11) is 0. The average molecular weight is 433 g/mol. The largest absolute Gasteiger partial charge is 0.457 e. The van der Waals surface area contributed by atoms with Crippen molar-refractivity contribution < 1.29 is 9.53 Å². The fourth-order valence-electron chi connectivity index (χ4n) is 5.03. The molecule has 3 aliphatic rings. The topological polar surface area (TPSA) is 58.6 Å². The van der Waals surface area contributed by atoms with Crippen molar-refractivity contribution in [1.82, 2.24) is 14.3 Å². The number of halogens is 1. The molecule has 0 N–H and O–H groups in total. The van der Waals surface area contributed by atoms with Gasteiger partial charge in [0.25, 0.3) is 0 Å². The SMILES string of the molecule is Cc1c(CCN2CCC3(CC2)CCN(c2nc(Cl)ns2)C3)ccc2c1COC2=O. The second-order valence-corrected chi connectivity index (χ2v) is 9.63. The summed E-state index contributed by atoms with van der Waals surface area (Å²) in [6, 6.07) is 4.04. The van der Waals surface area contributed by atoms with Crippen molar-refractivity contribution in [3.63, 3.8) is 0 Å². The Labute approximate surface area is 180 Å². The molecular weight excluding hydrogens is 408 g/mol. The van der Waals surface area contributed by atoms with Gasteiger partial charge >= 0.3 is 5.97 Å². The molecule has 0 atom stereocenters. The van der Waals surface area contributed by atoms with Crippen LogP contribution in [0.5, 0.6) is 0 Å². The van der Waals surface area contributed by atoms with Crippen LogP contribution in [0.3, 0.4) is 0 Å². The summed E-state index contributed by atoms with van der Waals surface area (Å²) in [4.78, 5) is 21.0. The molecule has 4 heterocycles. The Balaban J connectivity index is 1.16. The predicted octanol–water partition coefficient (Wildman–Crippen LogP) is 3.71. The van der Waals surface area contributed by atoms with Gasteiger partial charge in [-0.2, -0.15) is 9.36 Å². The quantitative estimate of drug-likeness (QED) is 0.686. The lowest BCUT2D eigenvalue weighted by atomic mass is 9.77. The number of likely N-dealkylation sites (tertiary alicyclic amines) is 1. The highest BCUT2D eigenvalue weighted by molar-refractivity contribution is 7.10. The molecule has 0 bridgehead atoms. The van der Waals surface area contributed by atoms with Gasteiger partial charge < -0.3 is 14.5 Å². The van der Waals surface area contributed by atoms with Crippen molar-refractivity contribution >= 4 is 34.2 Å². The standard InChI is InChI=1S/C21H25ClN4O2S/c1-14-15(2-3-16-17(14)12-28-18(16)27)4-8-25-9-5-21(6-10-25)7-11-26(13-21)20-23-19(22)24-29-20/h2-3H,4-13H2,1H3. The molecule has 2 saturated heterocycles. The summed E-state index contributed by atoms with van der Waals surface area (Å²) in [5.41, 5.74) is 4.80. The Kier molecular flexibility index (Phi) is 5.00. The van der Waals surface area contributed by atoms with Gasteiger partial charge in [-0.15, -0.1) is 0 Å². The predicted molar refractivity (Wildman–Crippen MR) is 114 cm³/mol. The number of piperidine rings is 1. The van der Waals surface area contributed by atoms with Gasteiger partial charge in [-0.25, -0.2) is 4.79 Å². The molecule has 29 heavy (non-hydrogen) atoms. The van der Waals surface area contributed by atoms with Crippen molar-refractivity contribution in [3.8, 4) is 0 Å². The van der Waals surface area contributed by atoms with E-state index in [0.29, 0.717) is 17.3 Å². The van der Waals surface area contributed by atoms with Crippen molar-refractivity contribution in [3.05, 3.63) is 39.7 Å². The first-order chi connectivity index (χ1) is 14.0. The van der Waals surface area contributed by atoms with Crippen LogP contribution in [0.2, 0.25) is 5.28 Å². The molecule has 8 heteroatoms. The lowest BCUT2D eigenvalue weighted by Gasteiger charge is -2.39. The molecule has 154 valence electrons. The molecule has 1 aromatic carbocycles. The summed E-state index contributed by atoms with van der Waals surface area (Å²) in [6.07, 6.45) is 4.73. The highest BCUT2D eigenvalue weighted by Gasteiger charge is 2.41. The molecular formula is C21H25ClN4O2S. The van der Waals surface area contributed by atoms with E-state index in [4.69, 9.17) is 16.3 Å². The third-order valence-electron chi connectivity index (χ3n) is 6.99. The first-order valence-corrected chi connectivity index (χ1v) is 11.4. The Bertz CT molecular complexity index is 939. The summed E-state index contributed by atoms with van der Waals surface area (Å²) in [6.45, 7) is 8.04. The van der Waals surface area contributed by atoms with Gasteiger partial charge in [0.05, 0.1) is 5.56 Å². The minimum Gasteiger partial charge on any atom is -0.457 e. The van der Waals surface area contributed by atoms with E-state index in [-0.39, 0.29) is 5.97 Å². The van der Waals surface area contributed by atoms with Crippen LogP contribution in [-0.4, -0.2) is 53.0 Å². The van der Waals surface area contributed by atoms with E-state index < -0.39 is 0 Å². The molecule has 1 spiro atoms. The Morgan fingerprint density at radius 1 is 1.24 bits per heavy atom. The number of esters is 1. The third kappa shape index (κ3) is 3.64. The van der Waals surface area contributed by atoms with Crippen LogP contribution in [-0.2, 0) is 17.8 Å². The van der Waals surface area contributed by atoms with Crippen LogP contribution in [0.1, 0.15) is 46.3 Å². The van der Waals surface area contributed by atoms with Crippen molar-refractivity contribution in [2.45, 2.75) is 39.2 Å². The maximum Gasteiger partial charge on any atom is 0.338 e. The number of carbonyl (C=O) groups excluding carboxylic acids is 1. The first kappa shape index (κ1) is 19.3. The summed E-state index contributed by atoms with van der Waals surface area (Å²) in [5, 5.41) is 1.32. The maximum atomic E-state index is 11.7. The van der Waals surface area contributed by atoms with Gasteiger partial charge in [-0.1, -0.05) is 6.07 Å². The molecule has 3 aliphatic heterocycles. The van der Waals surface area contributed by atoms with Gasteiger partial charge in [-0.05, 0) is 79.9 Å². The molecule has 2 aromatic rings. The van der Waals surface area contributed by atoms with Crippen molar-refractivity contribution in [2.75, 3.05) is 37.6 Å². The number of rotatable bonds is 4. The Morgan fingerprint density at radius 3 is 2.79 bits per heavy atom. The zero-order valence-corrected chi connectivity index (χ0v) is 18.2. The van der Waals surface area contributed by atoms with Crippen molar-refractivity contribution in [2.24, 2.45) is 5.41 Å². The molecule has 0 saturated carbocycles. The second-order valence-electron chi connectivity index (χ2n) is 8.56. The minimum absolute atomic E-state index is 0.183. The molecule has 5 rings (SSSR count). The molecule has 6 nitrogen and oxygen atoms in total. The summed E-state index contributed by atoms with van der Waals surface area (Å²) < 4.78 is 9.29. The van der Waals surface area contributed by atoms with E-state index in [1.807, 2.05) is 6.07 Å². The summed E-state index contributed by atoms with van der Waals surface area (Å²) >= 11 is 7.30. The monoisotopic (exact) mass is 432 g/mol. The van der Waals surface area contributed by atoms with E-state index in [0.717, 1.165) is 55.4 Å². The van der Waals surface area contributed by atoms with Crippen LogP contribution in [0.25, 0.3) is 0 Å². The number of hydrogen-bond donors (Lipinski definition) is 0. The second kappa shape index (κ2) is 7.52. The number of fused-ring (bicyclic) bond motifs is 1. The molecule has 0 aliphatic carbocycles. The van der Waals surface area contributed by atoms with E-state index in [1.165, 1.54) is 41.9 Å². The number of aromatic nitrogens is 2. The number of anilines is 1. The van der Waals surface area contributed by atoms with E-state index in [9.17, 15) is 4.79 Å². The smallest absolute Gasteiger partial charge is 0.338 e. The van der Waals surface area contributed by atoms with Gasteiger partial charge in [0, 0.05) is 36.7 Å². The fourth-order valence-corrected chi connectivity index (χ4v) is 5.86. The Morgan fingerprint density at radius 2 is 2.03 bits per heavy atom. The number of nitrogens with zero attached hydrogens (tertiary/aromatic N) is 4. The maximum absolute atomic E-state index is 11.7. The summed E-state index contributed by atoms with van der Waals surface area (Å²) in [5.74, 6) is -0.183. The van der Waals surface area contributed by atoms with Gasteiger partial charge in [-0.3, -0.25) is 0 Å². The number of cyclic esters (lactones) is 1. The number of benzene rings is 1. The van der Waals surface area contributed by atoms with Crippen LogP contribution >= 0.6 is 23.1 Å². The Hall–Kier alpha value is -1.70. The van der Waals surface area contributed by atoms with Gasteiger partial charge in [0.2, 0.25) is 10.4 Å². The van der Waals surface area contributed by atoms with Gasteiger partial charge in [0.1, 0.15) is 6.61 Å². The van der Waals surface area contributed by atoms with E-state index in [1.54, 1.807) is 0 Å². The molecule has 0 radical (unpaired) electrons. The van der Waals surface area contributed by atoms with Crippen LogP contribution < -0.4 is 4.90 Å².